The van der Waals surface area contributed by atoms with Gasteiger partial charge in [-0.1, -0.05) is 6.07 Å². The molecule has 4 nitrogen and oxygen atoms in total. The summed E-state index contributed by atoms with van der Waals surface area (Å²) in [5.74, 6) is 1.10. The van der Waals surface area contributed by atoms with E-state index in [0.29, 0.717) is 23.3 Å². The molecule has 0 atom stereocenters. The second-order valence-electron chi connectivity index (χ2n) is 6.57. The molecule has 3 N–H and O–H groups in total. The van der Waals surface area contributed by atoms with Gasteiger partial charge in [-0.2, -0.15) is 0 Å². The van der Waals surface area contributed by atoms with Crippen molar-refractivity contribution in [2.45, 2.75) is 57.0 Å². The Bertz CT molecular complexity index is 634. The number of hydrogen-bond acceptors (Lipinski definition) is 3. The quantitative estimate of drug-likeness (QED) is 0.846. The molecule has 5 heteroatoms. The lowest BCUT2D eigenvalue weighted by Crippen LogP contribution is -2.38. The van der Waals surface area contributed by atoms with Crippen molar-refractivity contribution in [1.29, 1.82) is 0 Å². The number of nitrogens with one attached hydrogen (secondary N) is 1. The first-order valence-electron chi connectivity index (χ1n) is 7.75. The van der Waals surface area contributed by atoms with Gasteiger partial charge in [-0.05, 0) is 74.1 Å². The third kappa shape index (κ3) is 3.15. The fourth-order valence-electron chi connectivity index (χ4n) is 3.11. The molecule has 3 rings (SSSR count). The van der Waals surface area contributed by atoms with Gasteiger partial charge in [0.05, 0.1) is 4.90 Å². The zero-order chi connectivity index (χ0) is 15.2. The SMILES string of the molecule is Cc1cc(C)c(S(=O)(=O)NC(C2CC2)C2CC2)cc1CN. The zero-order valence-electron chi connectivity index (χ0n) is 12.7. The Balaban J connectivity index is 1.90. The van der Waals surface area contributed by atoms with Gasteiger partial charge in [-0.25, -0.2) is 13.1 Å². The van der Waals surface area contributed by atoms with Gasteiger partial charge in [-0.3, -0.25) is 0 Å². The number of sulfonamides is 1. The summed E-state index contributed by atoms with van der Waals surface area (Å²) in [5.41, 5.74) is 8.46. The fourth-order valence-corrected chi connectivity index (χ4v) is 4.76. The highest BCUT2D eigenvalue weighted by atomic mass is 32.2. The highest BCUT2D eigenvalue weighted by Gasteiger charge is 2.43. The molecule has 0 radical (unpaired) electrons. The van der Waals surface area contributed by atoms with Crippen molar-refractivity contribution in [2.24, 2.45) is 17.6 Å². The summed E-state index contributed by atoms with van der Waals surface area (Å²) in [6.45, 7) is 4.19. The Morgan fingerprint density at radius 3 is 2.19 bits per heavy atom. The van der Waals surface area contributed by atoms with Crippen LogP contribution in [-0.2, 0) is 16.6 Å². The van der Waals surface area contributed by atoms with Crippen LogP contribution in [0.5, 0.6) is 0 Å². The van der Waals surface area contributed by atoms with Crippen LogP contribution < -0.4 is 10.5 Å². The Kier molecular flexibility index (Phi) is 3.84. The van der Waals surface area contributed by atoms with E-state index in [-0.39, 0.29) is 6.04 Å². The Morgan fingerprint density at radius 2 is 1.71 bits per heavy atom. The first-order chi connectivity index (χ1) is 9.92. The molecule has 1 aromatic carbocycles. The molecular formula is C16H24N2O2S. The van der Waals surface area contributed by atoms with Gasteiger partial charge in [0.25, 0.3) is 0 Å². The third-order valence-electron chi connectivity index (χ3n) is 4.69. The summed E-state index contributed by atoms with van der Waals surface area (Å²) < 4.78 is 28.5. The van der Waals surface area contributed by atoms with Crippen molar-refractivity contribution in [2.75, 3.05) is 0 Å². The molecule has 2 aliphatic carbocycles. The van der Waals surface area contributed by atoms with Gasteiger partial charge < -0.3 is 5.73 Å². The minimum absolute atomic E-state index is 0.136. The number of rotatable bonds is 6. The van der Waals surface area contributed by atoms with E-state index in [4.69, 9.17) is 5.73 Å². The molecule has 2 aliphatic rings. The summed E-state index contributed by atoms with van der Waals surface area (Å²) in [4.78, 5) is 0.389. The molecule has 2 saturated carbocycles. The average molecular weight is 308 g/mol. The lowest BCUT2D eigenvalue weighted by atomic mass is 10.1. The summed E-state index contributed by atoms with van der Waals surface area (Å²) in [7, 11) is -3.46. The molecule has 0 aliphatic heterocycles. The Labute approximate surface area is 127 Å². The van der Waals surface area contributed by atoms with Gasteiger partial charge in [0.15, 0.2) is 0 Å². The van der Waals surface area contributed by atoms with E-state index in [9.17, 15) is 8.42 Å². The van der Waals surface area contributed by atoms with Gasteiger partial charge in [0.2, 0.25) is 10.0 Å². The van der Waals surface area contributed by atoms with Crippen LogP contribution in [-0.4, -0.2) is 14.5 Å². The van der Waals surface area contributed by atoms with Crippen LogP contribution in [0.3, 0.4) is 0 Å². The maximum atomic E-state index is 12.8. The maximum Gasteiger partial charge on any atom is 0.241 e. The van der Waals surface area contributed by atoms with Crippen molar-refractivity contribution >= 4 is 10.0 Å². The van der Waals surface area contributed by atoms with E-state index < -0.39 is 10.0 Å². The number of nitrogens with two attached hydrogens (primary N) is 1. The lowest BCUT2D eigenvalue weighted by molar-refractivity contribution is 0.471. The zero-order valence-corrected chi connectivity index (χ0v) is 13.5. The second kappa shape index (κ2) is 5.38. The monoisotopic (exact) mass is 308 g/mol. The maximum absolute atomic E-state index is 12.8. The van der Waals surface area contributed by atoms with E-state index in [0.717, 1.165) is 42.4 Å². The van der Waals surface area contributed by atoms with E-state index in [1.165, 1.54) is 0 Å². The van der Waals surface area contributed by atoms with E-state index in [1.54, 1.807) is 6.07 Å². The number of aryl methyl sites for hydroxylation is 2. The average Bonchev–Trinajstić information content (AvgIpc) is 3.27. The standard InChI is InChI=1S/C16H24N2O2S/c1-10-7-11(2)15(8-14(10)9-17)21(19,20)18-16(12-3-4-12)13-5-6-13/h7-8,12-13,16,18H,3-6,9,17H2,1-2H3. The molecule has 0 saturated heterocycles. The van der Waals surface area contributed by atoms with Gasteiger partial charge in [-0.15, -0.1) is 0 Å². The van der Waals surface area contributed by atoms with E-state index in [2.05, 4.69) is 4.72 Å². The normalized spacial score (nSPS) is 19.2. The molecule has 0 spiro atoms. The van der Waals surface area contributed by atoms with Crippen molar-refractivity contribution in [3.63, 3.8) is 0 Å². The Hall–Kier alpha value is -0.910. The molecule has 21 heavy (non-hydrogen) atoms. The van der Waals surface area contributed by atoms with Crippen molar-refractivity contribution in [1.82, 2.24) is 4.72 Å². The lowest BCUT2D eigenvalue weighted by Gasteiger charge is -2.19. The molecule has 0 amide bonds. The number of benzene rings is 1. The molecule has 0 bridgehead atoms. The first kappa shape index (κ1) is 15.0. The topological polar surface area (TPSA) is 72.2 Å². The molecule has 116 valence electrons. The van der Waals surface area contributed by atoms with Crippen molar-refractivity contribution in [3.05, 3.63) is 28.8 Å². The van der Waals surface area contributed by atoms with Crippen LogP contribution in [0.1, 0.15) is 42.4 Å². The Morgan fingerprint density at radius 1 is 1.14 bits per heavy atom. The van der Waals surface area contributed by atoms with Crippen LogP contribution in [0.4, 0.5) is 0 Å². The molecule has 1 aromatic rings. The minimum atomic E-state index is -3.46. The van der Waals surface area contributed by atoms with Crippen LogP contribution >= 0.6 is 0 Å². The third-order valence-corrected chi connectivity index (χ3v) is 6.30. The first-order valence-corrected chi connectivity index (χ1v) is 9.23. The summed E-state index contributed by atoms with van der Waals surface area (Å²) in [6, 6.07) is 3.79. The molecule has 2 fully saturated rings. The molecule has 0 aromatic heterocycles. The summed E-state index contributed by atoms with van der Waals surface area (Å²) in [6.07, 6.45) is 4.63. The van der Waals surface area contributed by atoms with Gasteiger partial charge in [0, 0.05) is 12.6 Å². The van der Waals surface area contributed by atoms with E-state index >= 15 is 0 Å². The van der Waals surface area contributed by atoms with Crippen molar-refractivity contribution < 1.29 is 8.42 Å². The predicted octanol–water partition coefficient (Wildman–Crippen LogP) is 2.23. The summed E-state index contributed by atoms with van der Waals surface area (Å²) >= 11 is 0. The van der Waals surface area contributed by atoms with Crippen LogP contribution in [0, 0.1) is 25.7 Å². The highest BCUT2D eigenvalue weighted by molar-refractivity contribution is 7.89. The molecule has 0 heterocycles. The second-order valence-corrected chi connectivity index (χ2v) is 8.25. The molecular weight excluding hydrogens is 284 g/mol. The molecule has 0 unspecified atom stereocenters. The predicted molar refractivity (Wildman–Crippen MR) is 83.4 cm³/mol. The minimum Gasteiger partial charge on any atom is -0.326 e. The largest absolute Gasteiger partial charge is 0.326 e. The van der Waals surface area contributed by atoms with Crippen LogP contribution in [0.15, 0.2) is 17.0 Å². The van der Waals surface area contributed by atoms with Crippen molar-refractivity contribution in [3.8, 4) is 0 Å². The number of hydrogen-bond donors (Lipinski definition) is 2. The smallest absolute Gasteiger partial charge is 0.241 e. The highest BCUT2D eigenvalue weighted by Crippen LogP contribution is 2.45. The van der Waals surface area contributed by atoms with Crippen LogP contribution in [0.2, 0.25) is 0 Å². The van der Waals surface area contributed by atoms with Gasteiger partial charge in [0.1, 0.15) is 0 Å². The summed E-state index contributed by atoms with van der Waals surface area (Å²) in [5, 5.41) is 0. The van der Waals surface area contributed by atoms with E-state index in [1.807, 2.05) is 19.9 Å². The fraction of sp³-hybridized carbons (Fsp3) is 0.625. The van der Waals surface area contributed by atoms with Gasteiger partial charge >= 0.3 is 0 Å². The van der Waals surface area contributed by atoms with Crippen LogP contribution in [0.25, 0.3) is 0 Å².